The Hall–Kier alpha value is -2.99. The fraction of sp³-hybridized carbons (Fsp3) is 0.182. The zero-order chi connectivity index (χ0) is 19.8. The monoisotopic (exact) mass is 393 g/mol. The van der Waals surface area contributed by atoms with Crippen LogP contribution >= 0.6 is 11.8 Å². The number of fused-ring (bicyclic) bond motifs is 2. The second kappa shape index (κ2) is 7.20. The molecule has 1 aromatic heterocycles. The molecule has 28 heavy (non-hydrogen) atoms. The zero-order valence-corrected chi connectivity index (χ0v) is 16.5. The molecule has 1 aliphatic heterocycles. The molecular weight excluding hydrogens is 372 g/mol. The maximum atomic E-state index is 11.4. The van der Waals surface area contributed by atoms with Crippen molar-refractivity contribution in [3.63, 3.8) is 0 Å². The third kappa shape index (κ3) is 3.31. The summed E-state index contributed by atoms with van der Waals surface area (Å²) < 4.78 is 2.22. The van der Waals surface area contributed by atoms with Gasteiger partial charge in [-0.15, -0.1) is 0 Å². The van der Waals surface area contributed by atoms with E-state index in [9.17, 15) is 15.0 Å². The van der Waals surface area contributed by atoms with Crippen molar-refractivity contribution in [2.45, 2.75) is 25.3 Å². The SMILES string of the molecule is CC[n+]1c(C=C2Sc3ccc(O)cc3N2CC(=O)O)ccc2cc(C)ccc21. The molecule has 3 aromatic rings. The number of carbonyl (C=O) groups is 1. The van der Waals surface area contributed by atoms with E-state index in [4.69, 9.17) is 0 Å². The second-order valence-electron chi connectivity index (χ2n) is 6.78. The van der Waals surface area contributed by atoms with Crippen molar-refractivity contribution in [2.24, 2.45) is 0 Å². The molecule has 0 atom stereocenters. The number of phenolic OH excluding ortho intramolecular Hbond substituents is 1. The molecule has 1 aliphatic rings. The van der Waals surface area contributed by atoms with Gasteiger partial charge >= 0.3 is 5.97 Å². The maximum Gasteiger partial charge on any atom is 0.323 e. The van der Waals surface area contributed by atoms with Gasteiger partial charge in [0.1, 0.15) is 18.8 Å². The minimum atomic E-state index is -0.917. The predicted octanol–water partition coefficient (Wildman–Crippen LogP) is 4.16. The summed E-state index contributed by atoms with van der Waals surface area (Å²) in [7, 11) is 0. The first-order valence-electron chi connectivity index (χ1n) is 9.11. The number of carboxylic acids is 1. The van der Waals surface area contributed by atoms with E-state index in [2.05, 4.69) is 48.7 Å². The van der Waals surface area contributed by atoms with Crippen LogP contribution in [-0.4, -0.2) is 22.7 Å². The number of hydrogen-bond acceptors (Lipinski definition) is 4. The van der Waals surface area contributed by atoms with Crippen LogP contribution in [0.3, 0.4) is 0 Å². The minimum absolute atomic E-state index is 0.126. The number of pyridine rings is 1. The Labute approximate surface area is 167 Å². The van der Waals surface area contributed by atoms with Gasteiger partial charge in [-0.3, -0.25) is 4.79 Å². The molecule has 2 aromatic carbocycles. The van der Waals surface area contributed by atoms with Gasteiger partial charge < -0.3 is 15.1 Å². The van der Waals surface area contributed by atoms with Crippen molar-refractivity contribution in [2.75, 3.05) is 11.4 Å². The molecule has 5 nitrogen and oxygen atoms in total. The predicted molar refractivity (Wildman–Crippen MR) is 111 cm³/mol. The van der Waals surface area contributed by atoms with E-state index in [-0.39, 0.29) is 12.3 Å². The molecule has 2 N–H and O–H groups in total. The van der Waals surface area contributed by atoms with Crippen LogP contribution < -0.4 is 9.47 Å². The highest BCUT2D eigenvalue weighted by molar-refractivity contribution is 8.03. The third-order valence-electron chi connectivity index (χ3n) is 4.81. The number of aromatic hydroxyl groups is 1. The van der Waals surface area contributed by atoms with E-state index < -0.39 is 5.97 Å². The molecular formula is C22H21N2O3S+. The van der Waals surface area contributed by atoms with Gasteiger partial charge in [0, 0.05) is 34.6 Å². The number of phenols is 1. The summed E-state index contributed by atoms with van der Waals surface area (Å²) in [6.07, 6.45) is 2.02. The summed E-state index contributed by atoms with van der Waals surface area (Å²) in [5.74, 6) is -0.791. The van der Waals surface area contributed by atoms with Crippen LogP contribution in [0, 0.1) is 6.92 Å². The quantitative estimate of drug-likeness (QED) is 0.652. The standard InChI is InChI=1S/C22H20N2O3S/c1-3-23-16(6-5-15-10-14(2)4-8-18(15)23)11-21-24(13-22(26)27)19-12-17(25)7-9-20(19)28-21/h4-12H,3,13H2,1-2H3,(H-,25,26,27)/p+1. The first-order chi connectivity index (χ1) is 13.5. The topological polar surface area (TPSA) is 64.7 Å². The smallest absolute Gasteiger partial charge is 0.323 e. The number of thioether (sulfide) groups is 1. The van der Waals surface area contributed by atoms with Gasteiger partial charge in [-0.25, -0.2) is 0 Å². The average Bonchev–Trinajstić information content (AvgIpc) is 2.97. The Morgan fingerprint density at radius 1 is 1.18 bits per heavy atom. The molecule has 0 amide bonds. The van der Waals surface area contributed by atoms with E-state index in [0.717, 1.165) is 33.4 Å². The van der Waals surface area contributed by atoms with Crippen molar-refractivity contribution in [3.8, 4) is 5.75 Å². The number of benzene rings is 2. The Morgan fingerprint density at radius 3 is 2.75 bits per heavy atom. The largest absolute Gasteiger partial charge is 0.508 e. The van der Waals surface area contributed by atoms with Crippen LogP contribution in [0.5, 0.6) is 5.75 Å². The summed E-state index contributed by atoms with van der Waals surface area (Å²) in [5.41, 5.74) is 4.09. The number of nitrogens with zero attached hydrogens (tertiary/aromatic N) is 2. The molecule has 6 heteroatoms. The highest BCUT2D eigenvalue weighted by atomic mass is 32.2. The number of aromatic nitrogens is 1. The number of aryl methyl sites for hydroxylation is 2. The normalized spacial score (nSPS) is 14.6. The number of rotatable bonds is 4. The van der Waals surface area contributed by atoms with Gasteiger partial charge in [0.05, 0.1) is 10.7 Å². The van der Waals surface area contributed by atoms with Crippen molar-refractivity contribution >= 4 is 40.4 Å². The van der Waals surface area contributed by atoms with E-state index in [1.54, 1.807) is 17.0 Å². The van der Waals surface area contributed by atoms with Crippen molar-refractivity contribution in [3.05, 3.63) is 64.8 Å². The van der Waals surface area contributed by atoms with E-state index >= 15 is 0 Å². The van der Waals surface area contributed by atoms with E-state index in [1.165, 1.54) is 22.7 Å². The number of carboxylic acid groups (broad SMARTS) is 1. The van der Waals surface area contributed by atoms with Crippen LogP contribution in [0.2, 0.25) is 0 Å². The van der Waals surface area contributed by atoms with Crippen LogP contribution in [0.15, 0.2) is 58.5 Å². The molecule has 142 valence electrons. The molecule has 0 spiro atoms. The van der Waals surface area contributed by atoms with Gasteiger partial charge in [-0.05, 0) is 38.1 Å². The van der Waals surface area contributed by atoms with E-state index in [1.807, 2.05) is 12.1 Å². The lowest BCUT2D eigenvalue weighted by molar-refractivity contribution is -0.669. The Morgan fingerprint density at radius 2 is 2.00 bits per heavy atom. The minimum Gasteiger partial charge on any atom is -0.508 e. The molecule has 0 fully saturated rings. The zero-order valence-electron chi connectivity index (χ0n) is 15.7. The fourth-order valence-electron chi connectivity index (χ4n) is 3.56. The molecule has 0 unspecified atom stereocenters. The van der Waals surface area contributed by atoms with E-state index in [0.29, 0.717) is 0 Å². The lowest BCUT2D eigenvalue weighted by atomic mass is 10.1. The van der Waals surface area contributed by atoms with Gasteiger partial charge in [-0.2, -0.15) is 4.57 Å². The first-order valence-corrected chi connectivity index (χ1v) is 9.93. The lowest BCUT2D eigenvalue weighted by Gasteiger charge is -2.17. The van der Waals surface area contributed by atoms with Crippen LogP contribution in [-0.2, 0) is 11.3 Å². The van der Waals surface area contributed by atoms with Crippen molar-refractivity contribution in [1.82, 2.24) is 0 Å². The maximum absolute atomic E-state index is 11.4. The molecule has 0 aliphatic carbocycles. The Kier molecular flexibility index (Phi) is 4.73. The second-order valence-corrected chi connectivity index (χ2v) is 7.84. The van der Waals surface area contributed by atoms with Crippen molar-refractivity contribution in [1.29, 1.82) is 0 Å². The number of aliphatic carboxylic acids is 1. The molecule has 0 saturated heterocycles. The van der Waals surface area contributed by atoms with Crippen LogP contribution in [0.1, 0.15) is 18.2 Å². The fourth-order valence-corrected chi connectivity index (χ4v) is 4.65. The summed E-state index contributed by atoms with van der Waals surface area (Å²) in [4.78, 5) is 14.1. The van der Waals surface area contributed by atoms with Crippen LogP contribution in [0.25, 0.3) is 17.0 Å². The summed E-state index contributed by atoms with van der Waals surface area (Å²) >= 11 is 1.52. The van der Waals surface area contributed by atoms with Crippen LogP contribution in [0.4, 0.5) is 5.69 Å². The molecule has 2 heterocycles. The molecule has 4 rings (SSSR count). The summed E-state index contributed by atoms with van der Waals surface area (Å²) in [5, 5.41) is 21.2. The molecule has 0 bridgehead atoms. The first kappa shape index (κ1) is 18.4. The lowest BCUT2D eigenvalue weighted by Crippen LogP contribution is -2.37. The third-order valence-corrected chi connectivity index (χ3v) is 5.93. The Balaban J connectivity index is 1.83. The highest BCUT2D eigenvalue weighted by Gasteiger charge is 2.28. The Bertz CT molecular complexity index is 1120. The summed E-state index contributed by atoms with van der Waals surface area (Å²) in [6, 6.07) is 15.6. The number of hydrogen-bond donors (Lipinski definition) is 2. The number of anilines is 1. The van der Waals surface area contributed by atoms with Gasteiger partial charge in [0.25, 0.3) is 0 Å². The highest BCUT2D eigenvalue weighted by Crippen LogP contribution is 2.47. The van der Waals surface area contributed by atoms with Gasteiger partial charge in [0.15, 0.2) is 0 Å². The van der Waals surface area contributed by atoms with Gasteiger partial charge in [0.2, 0.25) is 11.2 Å². The van der Waals surface area contributed by atoms with Gasteiger partial charge in [-0.1, -0.05) is 23.4 Å². The summed E-state index contributed by atoms with van der Waals surface area (Å²) in [6.45, 7) is 4.83. The molecule has 0 saturated carbocycles. The average molecular weight is 393 g/mol. The molecule has 0 radical (unpaired) electrons. The van der Waals surface area contributed by atoms with Crippen molar-refractivity contribution < 1.29 is 19.6 Å².